The minimum atomic E-state index is -0.492. The van der Waals surface area contributed by atoms with E-state index in [2.05, 4.69) is 54.0 Å². The molecule has 1 amide bonds. The minimum Gasteiger partial charge on any atom is -0.444 e. The number of rotatable bonds is 9. The summed E-state index contributed by atoms with van der Waals surface area (Å²) in [7, 11) is 1.75. The van der Waals surface area contributed by atoms with Crippen molar-refractivity contribution in [2.45, 2.75) is 84.9 Å². The number of alkyl carbamates (subject to hydrolysis) is 1. The van der Waals surface area contributed by atoms with Gasteiger partial charge in [-0.2, -0.15) is 0 Å². The fraction of sp³-hybridized carbons (Fsp3) is 0.895. The van der Waals surface area contributed by atoms with Crippen molar-refractivity contribution in [3.8, 4) is 0 Å². The lowest BCUT2D eigenvalue weighted by Gasteiger charge is -2.25. The second-order valence-electron chi connectivity index (χ2n) is 8.54. The van der Waals surface area contributed by atoms with Crippen LogP contribution in [0.15, 0.2) is 4.99 Å². The van der Waals surface area contributed by atoms with Gasteiger partial charge in [0.15, 0.2) is 5.96 Å². The van der Waals surface area contributed by atoms with Crippen molar-refractivity contribution in [1.29, 1.82) is 0 Å². The average Bonchev–Trinajstić information content (AvgIpc) is 2.49. The van der Waals surface area contributed by atoms with Gasteiger partial charge in [0.25, 0.3) is 0 Å². The Morgan fingerprint density at radius 1 is 1.07 bits per heavy atom. The fourth-order valence-electron chi connectivity index (χ4n) is 2.20. The molecular weight excluding hydrogens is 457 g/mol. The van der Waals surface area contributed by atoms with Gasteiger partial charge in [-0.3, -0.25) is 4.99 Å². The Morgan fingerprint density at radius 2 is 1.70 bits per heavy atom. The predicted molar refractivity (Wildman–Crippen MR) is 125 cm³/mol. The summed E-state index contributed by atoms with van der Waals surface area (Å²) in [6.07, 6.45) is 2.74. The van der Waals surface area contributed by atoms with Crippen LogP contribution >= 0.6 is 24.0 Å². The standard InChI is InChI=1S/C19H41N5O2.HI/c1-9-10-11-15(14-22-17(25)26-19(5,6)7)24-16(20-8)21-12-13-23-18(2,3)4;/h15,23H,9-14H2,1-8H3,(H,22,25)(H2,20,21,24);1H. The van der Waals surface area contributed by atoms with Gasteiger partial charge in [-0.15, -0.1) is 24.0 Å². The number of aliphatic imine (C=N–C) groups is 1. The van der Waals surface area contributed by atoms with Gasteiger partial charge in [0.2, 0.25) is 0 Å². The fourth-order valence-corrected chi connectivity index (χ4v) is 2.20. The first-order valence-corrected chi connectivity index (χ1v) is 9.66. The van der Waals surface area contributed by atoms with E-state index in [0.29, 0.717) is 6.54 Å². The largest absolute Gasteiger partial charge is 0.444 e. The quantitative estimate of drug-likeness (QED) is 0.169. The molecule has 0 aliphatic carbocycles. The molecule has 0 saturated heterocycles. The van der Waals surface area contributed by atoms with Gasteiger partial charge in [0, 0.05) is 38.3 Å². The van der Waals surface area contributed by atoms with E-state index >= 15 is 0 Å². The molecule has 0 saturated carbocycles. The van der Waals surface area contributed by atoms with E-state index in [-0.39, 0.29) is 35.6 Å². The SMILES string of the molecule is CCCCC(CNC(=O)OC(C)(C)C)NC(=NC)NCCNC(C)(C)C.I. The monoisotopic (exact) mass is 499 g/mol. The van der Waals surface area contributed by atoms with Crippen molar-refractivity contribution in [2.24, 2.45) is 4.99 Å². The van der Waals surface area contributed by atoms with Crippen molar-refractivity contribution in [3.05, 3.63) is 0 Å². The summed E-state index contributed by atoms with van der Waals surface area (Å²) < 4.78 is 5.30. The summed E-state index contributed by atoms with van der Waals surface area (Å²) in [6.45, 7) is 16.3. The molecule has 0 radical (unpaired) electrons. The maximum absolute atomic E-state index is 11.9. The molecule has 0 aromatic carbocycles. The van der Waals surface area contributed by atoms with Crippen LogP contribution in [0.2, 0.25) is 0 Å². The third-order valence-corrected chi connectivity index (χ3v) is 3.44. The molecule has 1 unspecified atom stereocenters. The zero-order chi connectivity index (χ0) is 20.2. The highest BCUT2D eigenvalue weighted by molar-refractivity contribution is 14.0. The Labute approximate surface area is 183 Å². The number of carbonyl (C=O) groups excluding carboxylic acids is 1. The van der Waals surface area contributed by atoms with E-state index in [1.165, 1.54) is 0 Å². The second-order valence-corrected chi connectivity index (χ2v) is 8.54. The molecule has 0 spiro atoms. The number of halogens is 1. The van der Waals surface area contributed by atoms with Crippen LogP contribution < -0.4 is 21.3 Å². The maximum atomic E-state index is 11.9. The van der Waals surface area contributed by atoms with Crippen LogP contribution in [0.1, 0.15) is 67.7 Å². The molecule has 4 N–H and O–H groups in total. The third kappa shape index (κ3) is 18.4. The molecule has 27 heavy (non-hydrogen) atoms. The Bertz CT molecular complexity index is 431. The highest BCUT2D eigenvalue weighted by atomic mass is 127. The molecule has 162 valence electrons. The zero-order valence-electron chi connectivity index (χ0n) is 18.5. The molecule has 0 fully saturated rings. The molecular formula is C19H42IN5O2. The lowest BCUT2D eigenvalue weighted by atomic mass is 10.1. The van der Waals surface area contributed by atoms with Gasteiger partial charge in [-0.1, -0.05) is 19.8 Å². The Balaban J connectivity index is 0. The molecule has 0 aromatic rings. The van der Waals surface area contributed by atoms with E-state index in [0.717, 1.165) is 38.3 Å². The summed E-state index contributed by atoms with van der Waals surface area (Å²) in [6, 6.07) is 0.101. The van der Waals surface area contributed by atoms with E-state index in [1.807, 2.05) is 20.8 Å². The van der Waals surface area contributed by atoms with Gasteiger partial charge in [0.05, 0.1) is 0 Å². The zero-order valence-corrected chi connectivity index (χ0v) is 20.8. The summed E-state index contributed by atoms with van der Waals surface area (Å²) in [5, 5.41) is 13.0. The number of unbranched alkanes of at least 4 members (excludes halogenated alkanes) is 1. The van der Waals surface area contributed by atoms with Crippen LogP contribution in [0.25, 0.3) is 0 Å². The smallest absolute Gasteiger partial charge is 0.407 e. The number of hydrogen-bond acceptors (Lipinski definition) is 4. The van der Waals surface area contributed by atoms with Gasteiger partial charge in [-0.25, -0.2) is 4.79 Å². The Hall–Kier alpha value is -0.770. The molecule has 0 rings (SSSR count). The van der Waals surface area contributed by atoms with E-state index in [1.54, 1.807) is 7.05 Å². The number of ether oxygens (including phenoxy) is 1. The van der Waals surface area contributed by atoms with Crippen LogP contribution in [0.4, 0.5) is 4.79 Å². The number of nitrogens with one attached hydrogen (secondary N) is 4. The molecule has 0 aromatic heterocycles. The minimum absolute atomic E-state index is 0. The van der Waals surface area contributed by atoms with Gasteiger partial charge in [-0.05, 0) is 48.0 Å². The summed E-state index contributed by atoms with van der Waals surface area (Å²) >= 11 is 0. The number of nitrogens with zero attached hydrogens (tertiary/aromatic N) is 1. The number of amides is 1. The van der Waals surface area contributed by atoms with Crippen LogP contribution in [0, 0.1) is 0 Å². The molecule has 7 nitrogen and oxygen atoms in total. The molecule has 0 heterocycles. The summed E-state index contributed by atoms with van der Waals surface area (Å²) in [5.41, 5.74) is -0.395. The molecule has 8 heteroatoms. The van der Waals surface area contributed by atoms with Gasteiger partial charge < -0.3 is 26.0 Å². The van der Waals surface area contributed by atoms with E-state index in [9.17, 15) is 4.79 Å². The first-order valence-electron chi connectivity index (χ1n) is 9.66. The van der Waals surface area contributed by atoms with Gasteiger partial charge in [0.1, 0.15) is 5.60 Å². The maximum Gasteiger partial charge on any atom is 0.407 e. The number of carbonyl (C=O) groups is 1. The lowest BCUT2D eigenvalue weighted by molar-refractivity contribution is 0.0523. The van der Waals surface area contributed by atoms with E-state index in [4.69, 9.17) is 4.74 Å². The normalized spacial score (nSPS) is 13.4. The molecule has 0 aliphatic heterocycles. The average molecular weight is 499 g/mol. The summed E-state index contributed by atoms with van der Waals surface area (Å²) in [5.74, 6) is 0.743. The second kappa shape index (κ2) is 14.3. The van der Waals surface area contributed by atoms with Crippen molar-refractivity contribution >= 4 is 36.0 Å². The lowest BCUT2D eigenvalue weighted by Crippen LogP contribution is -2.50. The first-order chi connectivity index (χ1) is 12.0. The van der Waals surface area contributed by atoms with Gasteiger partial charge >= 0.3 is 6.09 Å². The van der Waals surface area contributed by atoms with Crippen molar-refractivity contribution in [3.63, 3.8) is 0 Å². The summed E-state index contributed by atoms with van der Waals surface area (Å²) in [4.78, 5) is 16.2. The van der Waals surface area contributed by atoms with Crippen LogP contribution in [0.5, 0.6) is 0 Å². The topological polar surface area (TPSA) is 86.8 Å². The highest BCUT2D eigenvalue weighted by Gasteiger charge is 2.18. The van der Waals surface area contributed by atoms with Crippen molar-refractivity contribution in [2.75, 3.05) is 26.7 Å². The Kier molecular flexibility index (Phi) is 15.0. The van der Waals surface area contributed by atoms with Crippen LogP contribution in [-0.2, 0) is 4.74 Å². The van der Waals surface area contributed by atoms with Crippen LogP contribution in [0.3, 0.4) is 0 Å². The number of guanidine groups is 1. The first kappa shape index (κ1) is 28.4. The Morgan fingerprint density at radius 3 is 2.19 bits per heavy atom. The molecule has 0 bridgehead atoms. The van der Waals surface area contributed by atoms with Crippen LogP contribution in [-0.4, -0.2) is 55.9 Å². The van der Waals surface area contributed by atoms with E-state index < -0.39 is 11.7 Å². The van der Waals surface area contributed by atoms with Crippen molar-refractivity contribution in [1.82, 2.24) is 21.3 Å². The highest BCUT2D eigenvalue weighted by Crippen LogP contribution is 2.07. The predicted octanol–water partition coefficient (Wildman–Crippen LogP) is 3.24. The molecule has 1 atom stereocenters. The third-order valence-electron chi connectivity index (χ3n) is 3.44. The molecule has 0 aliphatic rings. The van der Waals surface area contributed by atoms with Crippen molar-refractivity contribution < 1.29 is 9.53 Å². The number of hydrogen-bond donors (Lipinski definition) is 4.